The maximum Gasteiger partial charge on any atom is 0.221 e. The molecule has 1 heterocycles. The highest BCUT2D eigenvalue weighted by Crippen LogP contribution is 2.33. The Kier molecular flexibility index (Phi) is 6.13. The van der Waals surface area contributed by atoms with Crippen LogP contribution < -0.4 is 10.1 Å². The van der Waals surface area contributed by atoms with Gasteiger partial charge in [0.2, 0.25) is 5.91 Å². The van der Waals surface area contributed by atoms with E-state index >= 15 is 0 Å². The van der Waals surface area contributed by atoms with Crippen molar-refractivity contribution >= 4 is 65.3 Å². The van der Waals surface area contributed by atoms with Gasteiger partial charge in [-0.1, -0.05) is 31.9 Å². The second-order valence-corrected chi connectivity index (χ2v) is 8.94. The lowest BCUT2D eigenvalue weighted by Gasteiger charge is -2.15. The van der Waals surface area contributed by atoms with Crippen LogP contribution >= 0.6 is 31.9 Å². The molecule has 0 bridgehead atoms. The second kappa shape index (κ2) is 8.79. The third-order valence-corrected chi connectivity index (χ3v) is 5.79. The molecule has 2 N–H and O–H groups in total. The first-order valence-corrected chi connectivity index (χ1v) is 11.0. The Morgan fingerprint density at radius 1 is 1.00 bits per heavy atom. The Morgan fingerprint density at radius 3 is 2.10 bits per heavy atom. The minimum Gasteiger partial charge on any atom is -0.491 e. The van der Waals surface area contributed by atoms with E-state index in [1.165, 1.54) is 6.92 Å². The van der Waals surface area contributed by atoms with Gasteiger partial charge in [-0.2, -0.15) is 0 Å². The van der Waals surface area contributed by atoms with Crippen LogP contribution in [0, 0.1) is 0 Å². The van der Waals surface area contributed by atoms with Gasteiger partial charge in [0.25, 0.3) is 0 Å². The molecule has 1 atom stereocenters. The first-order chi connectivity index (χ1) is 14.4. The Hall–Kier alpha value is -2.35. The van der Waals surface area contributed by atoms with Crippen LogP contribution in [0.15, 0.2) is 69.6 Å². The number of carbonyl (C=O) groups excluding carboxylic acids is 1. The monoisotopic (exact) mass is 530 g/mol. The van der Waals surface area contributed by atoms with E-state index in [9.17, 15) is 9.90 Å². The van der Waals surface area contributed by atoms with Crippen molar-refractivity contribution in [2.75, 3.05) is 11.9 Å². The number of carbonyl (C=O) groups is 1. The summed E-state index contributed by atoms with van der Waals surface area (Å²) in [6.45, 7) is 2.04. The van der Waals surface area contributed by atoms with Gasteiger partial charge in [0.15, 0.2) is 0 Å². The molecule has 0 saturated carbocycles. The van der Waals surface area contributed by atoms with Gasteiger partial charge in [-0.15, -0.1) is 0 Å². The average Bonchev–Trinajstić information content (AvgIpc) is 2.99. The number of amides is 1. The lowest BCUT2D eigenvalue weighted by molar-refractivity contribution is -0.114. The number of hydrogen-bond acceptors (Lipinski definition) is 3. The highest BCUT2D eigenvalue weighted by molar-refractivity contribution is 9.10. The number of aliphatic hydroxyl groups is 1. The van der Waals surface area contributed by atoms with Gasteiger partial charge in [0.05, 0.1) is 6.54 Å². The molecule has 0 spiro atoms. The molecular weight excluding hydrogens is 512 g/mol. The van der Waals surface area contributed by atoms with E-state index in [0.29, 0.717) is 18.0 Å². The molecule has 1 aromatic heterocycles. The number of benzene rings is 3. The van der Waals surface area contributed by atoms with E-state index in [-0.39, 0.29) is 12.5 Å². The molecule has 30 heavy (non-hydrogen) atoms. The Morgan fingerprint density at radius 2 is 1.57 bits per heavy atom. The lowest BCUT2D eigenvalue weighted by atomic mass is 10.2. The van der Waals surface area contributed by atoms with E-state index in [1.54, 1.807) is 24.3 Å². The number of fused-ring (bicyclic) bond motifs is 3. The molecule has 0 radical (unpaired) electrons. The van der Waals surface area contributed by atoms with Gasteiger partial charge in [0, 0.05) is 43.4 Å². The quantitative estimate of drug-likeness (QED) is 0.334. The van der Waals surface area contributed by atoms with Crippen molar-refractivity contribution in [1.29, 1.82) is 0 Å². The lowest BCUT2D eigenvalue weighted by Crippen LogP contribution is -2.23. The molecule has 5 nitrogen and oxygen atoms in total. The van der Waals surface area contributed by atoms with Gasteiger partial charge >= 0.3 is 0 Å². The van der Waals surface area contributed by atoms with Crippen LogP contribution in [-0.2, 0) is 11.3 Å². The summed E-state index contributed by atoms with van der Waals surface area (Å²) in [5.41, 5.74) is 2.83. The number of nitrogens with zero attached hydrogens (tertiary/aromatic N) is 1. The zero-order chi connectivity index (χ0) is 21.3. The normalized spacial score (nSPS) is 12.3. The van der Waals surface area contributed by atoms with E-state index in [0.717, 1.165) is 30.8 Å². The third-order valence-electron chi connectivity index (χ3n) is 4.80. The smallest absolute Gasteiger partial charge is 0.221 e. The number of aliphatic hydroxyl groups excluding tert-OH is 1. The van der Waals surface area contributed by atoms with Crippen LogP contribution in [0.3, 0.4) is 0 Å². The number of aromatic nitrogens is 1. The predicted octanol–water partition coefficient (Wildman–Crippen LogP) is 5.72. The maximum absolute atomic E-state index is 11.1. The molecular formula is C23H20Br2N2O3. The van der Waals surface area contributed by atoms with Gasteiger partial charge < -0.3 is 19.7 Å². The van der Waals surface area contributed by atoms with Crippen LogP contribution in [0.2, 0.25) is 0 Å². The summed E-state index contributed by atoms with van der Waals surface area (Å²) in [6, 6.07) is 19.4. The fourth-order valence-corrected chi connectivity index (χ4v) is 4.26. The van der Waals surface area contributed by atoms with Crippen molar-refractivity contribution in [3.05, 3.63) is 69.6 Å². The van der Waals surface area contributed by atoms with E-state index in [4.69, 9.17) is 4.74 Å². The first kappa shape index (κ1) is 20.9. The summed E-state index contributed by atoms with van der Waals surface area (Å²) in [4.78, 5) is 11.1. The topological polar surface area (TPSA) is 63.5 Å². The Bertz CT molecular complexity index is 1160. The fraction of sp³-hybridized carbons (Fsp3) is 0.174. The minimum absolute atomic E-state index is 0.121. The standard InChI is InChI=1S/C23H20Br2N2O3/c1-14(28)26-17-4-6-19(7-5-17)30-13-18(29)12-27-22-8-2-15(24)10-20(22)21-11-16(25)3-9-23(21)27/h2-11,18,29H,12-13H2,1H3,(H,26,28)/t18-/m1/s1. The van der Waals surface area contributed by atoms with Crippen LogP contribution in [0.4, 0.5) is 5.69 Å². The highest BCUT2D eigenvalue weighted by atomic mass is 79.9. The SMILES string of the molecule is CC(=O)Nc1ccc(OC[C@H](O)Cn2c3ccc(Br)cc3c3cc(Br)ccc32)cc1. The average molecular weight is 532 g/mol. The first-order valence-electron chi connectivity index (χ1n) is 9.46. The molecule has 0 saturated heterocycles. The molecule has 0 aliphatic heterocycles. The summed E-state index contributed by atoms with van der Waals surface area (Å²) < 4.78 is 9.90. The molecule has 3 aromatic carbocycles. The number of hydrogen-bond donors (Lipinski definition) is 2. The molecule has 0 aliphatic carbocycles. The van der Waals surface area contributed by atoms with Crippen molar-refractivity contribution in [3.8, 4) is 5.75 Å². The largest absolute Gasteiger partial charge is 0.491 e. The zero-order valence-electron chi connectivity index (χ0n) is 16.2. The number of halogens is 2. The van der Waals surface area contributed by atoms with E-state index in [2.05, 4.69) is 66.0 Å². The molecule has 1 amide bonds. The van der Waals surface area contributed by atoms with E-state index in [1.807, 2.05) is 12.1 Å². The number of anilines is 1. The van der Waals surface area contributed by atoms with Crippen molar-refractivity contribution in [1.82, 2.24) is 4.57 Å². The molecule has 4 rings (SSSR count). The van der Waals surface area contributed by atoms with Crippen molar-refractivity contribution in [2.45, 2.75) is 19.6 Å². The molecule has 0 fully saturated rings. The summed E-state index contributed by atoms with van der Waals surface area (Å²) in [6.07, 6.45) is -0.689. The van der Waals surface area contributed by atoms with Crippen molar-refractivity contribution in [2.24, 2.45) is 0 Å². The number of nitrogens with one attached hydrogen (secondary N) is 1. The molecule has 4 aromatic rings. The highest BCUT2D eigenvalue weighted by Gasteiger charge is 2.15. The van der Waals surface area contributed by atoms with Crippen LogP contribution in [0.1, 0.15) is 6.92 Å². The van der Waals surface area contributed by atoms with Gasteiger partial charge in [0.1, 0.15) is 18.5 Å². The minimum atomic E-state index is -0.689. The van der Waals surface area contributed by atoms with Crippen molar-refractivity contribution < 1.29 is 14.6 Å². The summed E-state index contributed by atoms with van der Waals surface area (Å²) in [7, 11) is 0. The zero-order valence-corrected chi connectivity index (χ0v) is 19.4. The molecule has 0 aliphatic rings. The Labute approximate surface area is 190 Å². The van der Waals surface area contributed by atoms with Crippen LogP contribution in [0.5, 0.6) is 5.75 Å². The second-order valence-electron chi connectivity index (χ2n) is 7.10. The summed E-state index contributed by atoms with van der Waals surface area (Å²) >= 11 is 7.10. The van der Waals surface area contributed by atoms with E-state index < -0.39 is 6.10 Å². The van der Waals surface area contributed by atoms with Crippen molar-refractivity contribution in [3.63, 3.8) is 0 Å². The van der Waals surface area contributed by atoms with Gasteiger partial charge in [-0.05, 0) is 60.7 Å². The summed E-state index contributed by atoms with van der Waals surface area (Å²) in [5, 5.41) is 15.6. The predicted molar refractivity (Wildman–Crippen MR) is 127 cm³/mol. The van der Waals surface area contributed by atoms with Crippen LogP contribution in [-0.4, -0.2) is 28.3 Å². The van der Waals surface area contributed by atoms with Crippen LogP contribution in [0.25, 0.3) is 21.8 Å². The fourth-order valence-electron chi connectivity index (χ4n) is 3.54. The maximum atomic E-state index is 11.1. The van der Waals surface area contributed by atoms with Gasteiger partial charge in [-0.25, -0.2) is 0 Å². The molecule has 7 heteroatoms. The summed E-state index contributed by atoms with van der Waals surface area (Å²) in [5.74, 6) is 0.516. The van der Waals surface area contributed by atoms with Gasteiger partial charge in [-0.3, -0.25) is 4.79 Å². The molecule has 0 unspecified atom stereocenters. The Balaban J connectivity index is 1.52. The number of rotatable bonds is 6. The molecule has 154 valence electrons. The third kappa shape index (κ3) is 4.53. The number of ether oxygens (including phenoxy) is 1.